The zero-order valence-corrected chi connectivity index (χ0v) is 15.3. The summed E-state index contributed by atoms with van der Waals surface area (Å²) in [4.78, 5) is 24.9. The summed E-state index contributed by atoms with van der Waals surface area (Å²) < 4.78 is 30.3. The molecule has 1 saturated heterocycles. The molecule has 0 bridgehead atoms. The molecule has 2 heterocycles. The fraction of sp³-hybridized carbons (Fsp3) is 0.263. The molecule has 0 aliphatic carbocycles. The number of amides is 2. The fourth-order valence-electron chi connectivity index (χ4n) is 3.30. The molecule has 4 rings (SSSR count). The lowest BCUT2D eigenvalue weighted by Gasteiger charge is -2.18. The monoisotopic (exact) mass is 386 g/mol. The minimum absolute atomic E-state index is 0.0175. The molecule has 0 unspecified atom stereocenters. The SMILES string of the molecule is O=C1CCc2cc(OS(=O)(=O)c3ccc(N4CCCC4=O)cc3)ccc2N1. The molecule has 0 atom stereocenters. The topological polar surface area (TPSA) is 92.8 Å². The summed E-state index contributed by atoms with van der Waals surface area (Å²) in [5.41, 5.74) is 2.20. The van der Waals surface area contributed by atoms with Crippen LogP contribution in [0.3, 0.4) is 0 Å². The van der Waals surface area contributed by atoms with Gasteiger partial charge in [0.05, 0.1) is 0 Å². The van der Waals surface area contributed by atoms with Gasteiger partial charge in [-0.1, -0.05) is 0 Å². The molecular formula is C19H18N2O5S. The van der Waals surface area contributed by atoms with E-state index in [0.29, 0.717) is 37.2 Å². The van der Waals surface area contributed by atoms with E-state index in [9.17, 15) is 18.0 Å². The Morgan fingerprint density at radius 3 is 2.44 bits per heavy atom. The second-order valence-electron chi connectivity index (χ2n) is 6.55. The van der Waals surface area contributed by atoms with Crippen molar-refractivity contribution in [2.75, 3.05) is 16.8 Å². The number of fused-ring (bicyclic) bond motifs is 1. The third kappa shape index (κ3) is 3.52. The smallest absolute Gasteiger partial charge is 0.339 e. The fourth-order valence-corrected chi connectivity index (χ4v) is 4.22. The van der Waals surface area contributed by atoms with Gasteiger partial charge in [-0.25, -0.2) is 0 Å². The summed E-state index contributed by atoms with van der Waals surface area (Å²) >= 11 is 0. The van der Waals surface area contributed by atoms with Gasteiger partial charge in [0.25, 0.3) is 0 Å². The number of benzene rings is 2. The molecule has 1 N–H and O–H groups in total. The molecular weight excluding hydrogens is 368 g/mol. The first-order valence-electron chi connectivity index (χ1n) is 8.70. The van der Waals surface area contributed by atoms with Crippen molar-refractivity contribution in [3.05, 3.63) is 48.0 Å². The summed E-state index contributed by atoms with van der Waals surface area (Å²) in [5, 5.41) is 2.74. The van der Waals surface area contributed by atoms with Crippen LogP contribution in [0.5, 0.6) is 5.75 Å². The van der Waals surface area contributed by atoms with Crippen molar-refractivity contribution in [2.45, 2.75) is 30.6 Å². The molecule has 27 heavy (non-hydrogen) atoms. The van der Waals surface area contributed by atoms with E-state index >= 15 is 0 Å². The normalized spacial score (nSPS) is 16.8. The van der Waals surface area contributed by atoms with Crippen LogP contribution >= 0.6 is 0 Å². The molecule has 0 aromatic heterocycles. The third-order valence-electron chi connectivity index (χ3n) is 4.69. The highest BCUT2D eigenvalue weighted by Crippen LogP contribution is 2.29. The van der Waals surface area contributed by atoms with Crippen molar-refractivity contribution in [2.24, 2.45) is 0 Å². The van der Waals surface area contributed by atoms with Crippen LogP contribution in [0, 0.1) is 0 Å². The minimum Gasteiger partial charge on any atom is -0.379 e. The number of carbonyl (C=O) groups excluding carboxylic acids is 2. The molecule has 2 aromatic carbocycles. The molecule has 0 radical (unpaired) electrons. The quantitative estimate of drug-likeness (QED) is 0.815. The van der Waals surface area contributed by atoms with Gasteiger partial charge in [0.2, 0.25) is 11.8 Å². The maximum atomic E-state index is 12.5. The molecule has 2 amide bonds. The number of rotatable bonds is 4. The first-order valence-corrected chi connectivity index (χ1v) is 10.1. The molecule has 1 fully saturated rings. The van der Waals surface area contributed by atoms with Crippen molar-refractivity contribution in [1.29, 1.82) is 0 Å². The highest BCUT2D eigenvalue weighted by Gasteiger charge is 2.23. The lowest BCUT2D eigenvalue weighted by atomic mass is 10.0. The summed E-state index contributed by atoms with van der Waals surface area (Å²) in [6.45, 7) is 0.646. The number of hydrogen-bond donors (Lipinski definition) is 1. The first kappa shape index (κ1) is 17.5. The van der Waals surface area contributed by atoms with Gasteiger partial charge >= 0.3 is 10.1 Å². The Hall–Kier alpha value is -2.87. The van der Waals surface area contributed by atoms with E-state index in [1.54, 1.807) is 29.2 Å². The molecule has 2 aliphatic heterocycles. The number of nitrogens with one attached hydrogen (secondary N) is 1. The zero-order valence-electron chi connectivity index (χ0n) is 14.5. The van der Waals surface area contributed by atoms with Crippen LogP contribution in [0.25, 0.3) is 0 Å². The highest BCUT2D eigenvalue weighted by atomic mass is 32.2. The van der Waals surface area contributed by atoms with E-state index < -0.39 is 10.1 Å². The van der Waals surface area contributed by atoms with Gasteiger partial charge in [0, 0.05) is 30.8 Å². The van der Waals surface area contributed by atoms with Crippen LogP contribution in [0.4, 0.5) is 11.4 Å². The van der Waals surface area contributed by atoms with Crippen molar-refractivity contribution in [3.8, 4) is 5.75 Å². The molecule has 2 aromatic rings. The van der Waals surface area contributed by atoms with E-state index in [-0.39, 0.29) is 22.5 Å². The van der Waals surface area contributed by atoms with E-state index in [0.717, 1.165) is 12.0 Å². The van der Waals surface area contributed by atoms with Crippen LogP contribution in [0.1, 0.15) is 24.8 Å². The maximum absolute atomic E-state index is 12.5. The van der Waals surface area contributed by atoms with Crippen LogP contribution < -0.4 is 14.4 Å². The maximum Gasteiger partial charge on any atom is 0.339 e. The van der Waals surface area contributed by atoms with Gasteiger partial charge in [-0.2, -0.15) is 8.42 Å². The number of anilines is 2. The van der Waals surface area contributed by atoms with Gasteiger partial charge < -0.3 is 14.4 Å². The third-order valence-corrected chi connectivity index (χ3v) is 5.95. The van der Waals surface area contributed by atoms with Crippen molar-refractivity contribution in [3.63, 3.8) is 0 Å². The first-order chi connectivity index (χ1) is 12.9. The van der Waals surface area contributed by atoms with E-state index in [2.05, 4.69) is 5.32 Å². The summed E-state index contributed by atoms with van der Waals surface area (Å²) in [5.74, 6) is 0.187. The van der Waals surface area contributed by atoms with Crippen LogP contribution in [0.2, 0.25) is 0 Å². The predicted octanol–water partition coefficient (Wildman–Crippen LogP) is 2.47. The molecule has 0 spiro atoms. The van der Waals surface area contributed by atoms with Crippen molar-refractivity contribution >= 4 is 33.3 Å². The number of nitrogens with zero attached hydrogens (tertiary/aromatic N) is 1. The number of hydrogen-bond acceptors (Lipinski definition) is 5. The van der Waals surface area contributed by atoms with Crippen LogP contribution in [-0.2, 0) is 26.1 Å². The standard InChI is InChI=1S/C19H18N2O5S/c22-18-10-3-13-12-15(6-9-17(13)20-18)26-27(24,25)16-7-4-14(5-8-16)21-11-1-2-19(21)23/h4-9,12H,1-3,10-11H2,(H,20,22). The number of carbonyl (C=O) groups is 2. The largest absolute Gasteiger partial charge is 0.379 e. The Labute approximate surface area is 157 Å². The molecule has 8 heteroatoms. The summed E-state index contributed by atoms with van der Waals surface area (Å²) in [7, 11) is -4.00. The van der Waals surface area contributed by atoms with Crippen molar-refractivity contribution in [1.82, 2.24) is 0 Å². The Morgan fingerprint density at radius 2 is 1.74 bits per heavy atom. The second kappa shape index (κ2) is 6.70. The zero-order chi connectivity index (χ0) is 19.0. The Kier molecular flexibility index (Phi) is 4.35. The predicted molar refractivity (Wildman–Crippen MR) is 99.2 cm³/mol. The van der Waals surface area contributed by atoms with Gasteiger partial charge in [-0.3, -0.25) is 9.59 Å². The number of aryl methyl sites for hydroxylation is 1. The van der Waals surface area contributed by atoms with E-state index in [1.807, 2.05) is 0 Å². The lowest BCUT2D eigenvalue weighted by Crippen LogP contribution is -2.23. The van der Waals surface area contributed by atoms with Gasteiger partial charge in [0.15, 0.2) is 0 Å². The molecule has 0 saturated carbocycles. The summed E-state index contributed by atoms with van der Waals surface area (Å²) in [6, 6.07) is 10.9. The Morgan fingerprint density at radius 1 is 0.963 bits per heavy atom. The average molecular weight is 386 g/mol. The van der Waals surface area contributed by atoms with E-state index in [1.165, 1.54) is 18.2 Å². The van der Waals surface area contributed by atoms with Gasteiger partial charge in [-0.15, -0.1) is 0 Å². The van der Waals surface area contributed by atoms with Gasteiger partial charge in [-0.05, 0) is 60.9 Å². The van der Waals surface area contributed by atoms with E-state index in [4.69, 9.17) is 4.18 Å². The molecule has 140 valence electrons. The minimum atomic E-state index is -4.00. The van der Waals surface area contributed by atoms with Gasteiger partial charge in [0.1, 0.15) is 10.6 Å². The lowest BCUT2D eigenvalue weighted by molar-refractivity contribution is -0.117. The Balaban J connectivity index is 1.53. The average Bonchev–Trinajstić information content (AvgIpc) is 3.08. The highest BCUT2D eigenvalue weighted by molar-refractivity contribution is 7.87. The summed E-state index contributed by atoms with van der Waals surface area (Å²) in [6.07, 6.45) is 2.22. The van der Waals surface area contributed by atoms with Crippen LogP contribution in [0.15, 0.2) is 47.4 Å². The second-order valence-corrected chi connectivity index (χ2v) is 8.09. The van der Waals surface area contributed by atoms with Crippen LogP contribution in [-0.4, -0.2) is 26.8 Å². The van der Waals surface area contributed by atoms with Crippen molar-refractivity contribution < 1.29 is 22.2 Å². The molecule has 7 nitrogen and oxygen atoms in total. The molecule has 2 aliphatic rings. The Bertz CT molecular complexity index is 1010.